The molecule has 3 aromatic carbocycles. The molecule has 6 rings (SSSR count). The smallest absolute Gasteiger partial charge is 0.275 e. The third-order valence-electron chi connectivity index (χ3n) is 6.02. The highest BCUT2D eigenvalue weighted by atomic mass is 32.1. The van der Waals surface area contributed by atoms with Crippen LogP contribution in [0.4, 0.5) is 11.4 Å². The first-order valence-corrected chi connectivity index (χ1v) is 12.2. The van der Waals surface area contributed by atoms with Gasteiger partial charge in [-0.3, -0.25) is 19.3 Å². The molecule has 0 aliphatic carbocycles. The number of hydrogen-bond acceptors (Lipinski definition) is 6. The highest BCUT2D eigenvalue weighted by Gasteiger charge is 2.35. The topological polar surface area (TPSA) is 93.0 Å². The number of carbonyl (C=O) groups excluding carboxylic acids is 2. The predicted octanol–water partition coefficient (Wildman–Crippen LogP) is 3.21. The van der Waals surface area contributed by atoms with Crippen molar-refractivity contribution in [2.75, 3.05) is 23.4 Å². The number of para-hydroxylation sites is 3. The summed E-state index contributed by atoms with van der Waals surface area (Å²) in [5.41, 5.74) is 3.25. The van der Waals surface area contributed by atoms with Gasteiger partial charge >= 0.3 is 0 Å². The average molecular weight is 497 g/mol. The Kier molecular flexibility index (Phi) is 5.26. The monoisotopic (exact) mass is 496 g/mol. The maximum absolute atomic E-state index is 13.6. The lowest BCUT2D eigenvalue weighted by Crippen LogP contribution is -2.37. The molecule has 1 aliphatic rings. The van der Waals surface area contributed by atoms with Crippen LogP contribution in [-0.2, 0) is 9.59 Å². The third-order valence-corrected chi connectivity index (χ3v) is 7.06. The predicted molar refractivity (Wildman–Crippen MR) is 140 cm³/mol. The first-order valence-electron chi connectivity index (χ1n) is 11.4. The molecule has 1 N–H and O–H groups in total. The van der Waals surface area contributed by atoms with E-state index in [0.29, 0.717) is 49.9 Å². The van der Waals surface area contributed by atoms with Gasteiger partial charge in [-0.2, -0.15) is 0 Å². The van der Waals surface area contributed by atoms with Crippen molar-refractivity contribution >= 4 is 56.1 Å². The number of carbonyl (C=O) groups is 2. The Labute approximate surface area is 209 Å². The molecule has 2 aromatic heterocycles. The Morgan fingerprint density at radius 1 is 1.00 bits per heavy atom. The van der Waals surface area contributed by atoms with Gasteiger partial charge in [0.05, 0.1) is 28.9 Å². The summed E-state index contributed by atoms with van der Waals surface area (Å²) in [4.78, 5) is 46.4. The lowest BCUT2D eigenvalue weighted by Gasteiger charge is -2.16. The second-order valence-electron chi connectivity index (χ2n) is 8.24. The van der Waals surface area contributed by atoms with Crippen LogP contribution in [-0.4, -0.2) is 34.4 Å². The van der Waals surface area contributed by atoms with Gasteiger partial charge in [0, 0.05) is 11.3 Å². The molecule has 5 aromatic rings. The van der Waals surface area contributed by atoms with E-state index in [2.05, 4.69) is 10.3 Å². The minimum atomic E-state index is -0.385. The fourth-order valence-corrected chi connectivity index (χ4v) is 5.54. The van der Waals surface area contributed by atoms with Crippen LogP contribution in [0.25, 0.3) is 21.6 Å². The van der Waals surface area contributed by atoms with Gasteiger partial charge in [0.25, 0.3) is 11.5 Å². The lowest BCUT2D eigenvalue weighted by atomic mass is 10.1. The number of amides is 2. The number of imidazole rings is 1. The number of rotatable bonds is 5. The number of nitrogens with zero attached hydrogens (tertiary/aromatic N) is 3. The fourth-order valence-electron chi connectivity index (χ4n) is 4.46. The van der Waals surface area contributed by atoms with Gasteiger partial charge in [-0.1, -0.05) is 41.7 Å². The van der Waals surface area contributed by atoms with Crippen LogP contribution in [0.5, 0.6) is 5.75 Å². The quantitative estimate of drug-likeness (QED) is 0.403. The van der Waals surface area contributed by atoms with Crippen molar-refractivity contribution in [3.8, 4) is 5.75 Å². The van der Waals surface area contributed by atoms with Crippen LogP contribution in [0, 0.1) is 0 Å². The zero-order valence-corrected chi connectivity index (χ0v) is 20.0. The normalized spacial score (nSPS) is 14.5. The van der Waals surface area contributed by atoms with Crippen molar-refractivity contribution in [3.05, 3.63) is 93.2 Å². The van der Waals surface area contributed by atoms with Crippen LogP contribution in [0.15, 0.2) is 77.6 Å². The van der Waals surface area contributed by atoms with Gasteiger partial charge < -0.3 is 10.1 Å². The maximum Gasteiger partial charge on any atom is 0.275 e. The zero-order valence-electron chi connectivity index (χ0n) is 19.2. The van der Waals surface area contributed by atoms with Gasteiger partial charge in [0.1, 0.15) is 16.8 Å². The summed E-state index contributed by atoms with van der Waals surface area (Å²) in [6.45, 7) is 2.27. The second kappa shape index (κ2) is 8.62. The van der Waals surface area contributed by atoms with E-state index in [1.165, 1.54) is 16.2 Å². The molecule has 3 heterocycles. The molecule has 178 valence electrons. The number of nitrogens with one attached hydrogen (secondary N) is 1. The van der Waals surface area contributed by atoms with E-state index in [1.807, 2.05) is 37.3 Å². The van der Waals surface area contributed by atoms with Gasteiger partial charge in [0.15, 0.2) is 4.96 Å². The molecule has 0 spiro atoms. The summed E-state index contributed by atoms with van der Waals surface area (Å²) >= 11 is 1.19. The van der Waals surface area contributed by atoms with E-state index in [9.17, 15) is 14.4 Å². The van der Waals surface area contributed by atoms with Gasteiger partial charge in [-0.25, -0.2) is 9.38 Å². The minimum absolute atomic E-state index is 0.188. The van der Waals surface area contributed by atoms with E-state index >= 15 is 0 Å². The molecule has 1 aliphatic heterocycles. The number of hydrogen-bond donors (Lipinski definition) is 1. The SMILES string of the molecule is CCOc1ccc(NC(=O)CN2C(=O)/C(=c3/sc4nc5ccccc5n4c3=O)c3ccccc32)cc1. The van der Waals surface area contributed by atoms with E-state index in [-0.39, 0.29) is 23.9 Å². The van der Waals surface area contributed by atoms with E-state index < -0.39 is 0 Å². The first kappa shape index (κ1) is 22.0. The molecule has 8 nitrogen and oxygen atoms in total. The summed E-state index contributed by atoms with van der Waals surface area (Å²) in [7, 11) is 0. The van der Waals surface area contributed by atoms with Crippen LogP contribution < -0.4 is 25.0 Å². The number of benzene rings is 3. The molecule has 36 heavy (non-hydrogen) atoms. The lowest BCUT2D eigenvalue weighted by molar-refractivity contribution is -0.118. The highest BCUT2D eigenvalue weighted by molar-refractivity contribution is 7.15. The van der Waals surface area contributed by atoms with Crippen molar-refractivity contribution in [2.24, 2.45) is 0 Å². The van der Waals surface area contributed by atoms with Crippen LogP contribution in [0.3, 0.4) is 0 Å². The number of ether oxygens (including phenoxy) is 1. The Bertz CT molecular complexity index is 1770. The summed E-state index contributed by atoms with van der Waals surface area (Å²) in [6, 6.07) is 21.6. The summed E-state index contributed by atoms with van der Waals surface area (Å²) in [5.74, 6) is -0.0243. The summed E-state index contributed by atoms with van der Waals surface area (Å²) < 4.78 is 7.29. The van der Waals surface area contributed by atoms with Crippen molar-refractivity contribution in [1.82, 2.24) is 9.38 Å². The maximum atomic E-state index is 13.6. The van der Waals surface area contributed by atoms with E-state index in [4.69, 9.17) is 4.74 Å². The molecule has 0 bridgehead atoms. The summed E-state index contributed by atoms with van der Waals surface area (Å²) in [6.07, 6.45) is 0. The molecule has 2 amide bonds. The molecule has 9 heteroatoms. The number of anilines is 2. The molecular weight excluding hydrogens is 476 g/mol. The standard InChI is InChI=1S/C27H20N4O4S/c1-2-35-17-13-11-16(12-14-17)28-22(32)15-30-20-9-5-3-7-18(20)23(25(30)33)24-26(34)31-21-10-6-4-8-19(21)29-27(31)36-24/h3-14H,2,15H2,1H3,(H,28,32)/b24-23+. The second-order valence-corrected chi connectivity index (χ2v) is 9.22. The fraction of sp³-hybridized carbons (Fsp3) is 0.111. The van der Waals surface area contributed by atoms with Crippen molar-refractivity contribution in [2.45, 2.75) is 6.92 Å². The Hall–Kier alpha value is -4.50. The van der Waals surface area contributed by atoms with Gasteiger partial charge in [0.2, 0.25) is 5.91 Å². The number of thiazole rings is 1. The summed E-state index contributed by atoms with van der Waals surface area (Å²) in [5, 5.41) is 2.82. The Balaban J connectivity index is 1.37. The van der Waals surface area contributed by atoms with Gasteiger partial charge in [-0.05, 0) is 49.4 Å². The van der Waals surface area contributed by atoms with Crippen LogP contribution >= 0.6 is 11.3 Å². The largest absolute Gasteiger partial charge is 0.494 e. The first-order chi connectivity index (χ1) is 17.5. The molecule has 0 saturated heterocycles. The average Bonchev–Trinajstić information content (AvgIpc) is 3.49. The third kappa shape index (κ3) is 3.52. The number of aromatic nitrogens is 2. The minimum Gasteiger partial charge on any atom is -0.494 e. The van der Waals surface area contributed by atoms with Crippen molar-refractivity contribution in [1.29, 1.82) is 0 Å². The van der Waals surface area contributed by atoms with E-state index in [0.717, 1.165) is 5.52 Å². The molecular formula is C27H20N4O4S. The van der Waals surface area contributed by atoms with E-state index in [1.54, 1.807) is 46.9 Å². The number of fused-ring (bicyclic) bond motifs is 4. The Morgan fingerprint density at radius 3 is 2.56 bits per heavy atom. The molecule has 0 radical (unpaired) electrons. The molecule has 0 saturated carbocycles. The van der Waals surface area contributed by atoms with Crippen LogP contribution in [0.2, 0.25) is 0 Å². The molecule has 0 atom stereocenters. The van der Waals surface area contributed by atoms with Crippen LogP contribution in [0.1, 0.15) is 12.5 Å². The Morgan fingerprint density at radius 2 is 1.75 bits per heavy atom. The molecule has 0 unspecified atom stereocenters. The van der Waals surface area contributed by atoms with Crippen molar-refractivity contribution < 1.29 is 14.3 Å². The zero-order chi connectivity index (χ0) is 24.8. The van der Waals surface area contributed by atoms with Gasteiger partial charge in [-0.15, -0.1) is 0 Å². The van der Waals surface area contributed by atoms with Crippen molar-refractivity contribution in [3.63, 3.8) is 0 Å². The molecule has 0 fully saturated rings. The highest BCUT2D eigenvalue weighted by Crippen LogP contribution is 2.35.